The summed E-state index contributed by atoms with van der Waals surface area (Å²) >= 11 is 11.7. The number of carbonyl (C=O) groups excluding carboxylic acids is 2. The van der Waals surface area contributed by atoms with Crippen molar-refractivity contribution in [2.24, 2.45) is 0 Å². The number of hydrogen-bond acceptors (Lipinski definition) is 3. The Morgan fingerprint density at radius 3 is 2.50 bits per heavy atom. The Labute approximate surface area is 127 Å². The maximum Gasteiger partial charge on any atom is 0.331 e. The zero-order chi connectivity index (χ0) is 15.3. The Kier molecular flexibility index (Phi) is 6.05. The molecule has 1 rings (SSSR count). The predicted octanol–water partition coefficient (Wildman–Crippen LogP) is 3.83. The van der Waals surface area contributed by atoms with E-state index in [0.717, 1.165) is 5.57 Å². The molecule has 0 bridgehead atoms. The molecule has 0 saturated heterocycles. The Hall–Kier alpha value is -1.52. The minimum atomic E-state index is -0.926. The van der Waals surface area contributed by atoms with Crippen molar-refractivity contribution in [1.29, 1.82) is 0 Å². The Morgan fingerprint density at radius 2 is 1.95 bits per heavy atom. The molecule has 20 heavy (non-hydrogen) atoms. The van der Waals surface area contributed by atoms with Crippen LogP contribution in [0.15, 0.2) is 29.8 Å². The van der Waals surface area contributed by atoms with Gasteiger partial charge in [-0.3, -0.25) is 4.79 Å². The van der Waals surface area contributed by atoms with Gasteiger partial charge in [0.15, 0.2) is 6.10 Å². The molecule has 108 valence electrons. The third kappa shape index (κ3) is 5.23. The number of allylic oxidation sites excluding steroid dienone is 1. The lowest BCUT2D eigenvalue weighted by atomic mass is 10.3. The first-order chi connectivity index (χ1) is 9.29. The van der Waals surface area contributed by atoms with Crippen LogP contribution in [0.25, 0.3) is 0 Å². The number of carbonyl (C=O) groups is 2. The van der Waals surface area contributed by atoms with Gasteiger partial charge in [-0.05, 0) is 39.0 Å². The minimum Gasteiger partial charge on any atom is -0.449 e. The van der Waals surface area contributed by atoms with Gasteiger partial charge in [0.25, 0.3) is 5.91 Å². The summed E-state index contributed by atoms with van der Waals surface area (Å²) in [6.07, 6.45) is 0.392. The van der Waals surface area contributed by atoms with E-state index in [-0.39, 0.29) is 0 Å². The molecule has 0 fully saturated rings. The largest absolute Gasteiger partial charge is 0.449 e. The van der Waals surface area contributed by atoms with Crippen LogP contribution >= 0.6 is 23.2 Å². The van der Waals surface area contributed by atoms with Crippen molar-refractivity contribution < 1.29 is 14.3 Å². The third-order valence-electron chi connectivity index (χ3n) is 2.26. The molecule has 1 N–H and O–H groups in total. The van der Waals surface area contributed by atoms with E-state index < -0.39 is 18.0 Å². The van der Waals surface area contributed by atoms with Crippen molar-refractivity contribution in [1.82, 2.24) is 0 Å². The number of benzene rings is 1. The quantitative estimate of drug-likeness (QED) is 0.678. The van der Waals surface area contributed by atoms with Gasteiger partial charge in [-0.2, -0.15) is 0 Å². The van der Waals surface area contributed by atoms with Crippen molar-refractivity contribution >= 4 is 40.8 Å². The van der Waals surface area contributed by atoms with Crippen LogP contribution in [0.5, 0.6) is 0 Å². The van der Waals surface area contributed by atoms with Crippen LogP contribution in [0.1, 0.15) is 20.8 Å². The van der Waals surface area contributed by atoms with Crippen LogP contribution in [0.2, 0.25) is 10.0 Å². The van der Waals surface area contributed by atoms with E-state index >= 15 is 0 Å². The van der Waals surface area contributed by atoms with Gasteiger partial charge in [0.05, 0.1) is 10.7 Å². The molecule has 1 atom stereocenters. The number of ether oxygens (including phenoxy) is 1. The first-order valence-corrected chi connectivity index (χ1v) is 6.66. The van der Waals surface area contributed by atoms with Gasteiger partial charge in [0.2, 0.25) is 0 Å². The molecule has 0 radical (unpaired) electrons. The first kappa shape index (κ1) is 16.5. The van der Waals surface area contributed by atoms with Gasteiger partial charge < -0.3 is 10.1 Å². The Bertz CT molecular complexity index is 551. The molecule has 0 aliphatic rings. The molecule has 0 aliphatic carbocycles. The Balaban J connectivity index is 2.66. The van der Waals surface area contributed by atoms with Crippen LogP contribution in [0, 0.1) is 0 Å². The van der Waals surface area contributed by atoms with E-state index in [1.54, 1.807) is 26.0 Å². The summed E-state index contributed by atoms with van der Waals surface area (Å²) in [5.41, 5.74) is 1.20. The van der Waals surface area contributed by atoms with Crippen LogP contribution in [-0.2, 0) is 14.3 Å². The predicted molar refractivity (Wildman–Crippen MR) is 80.1 cm³/mol. The molecule has 0 unspecified atom stereocenters. The molecule has 0 saturated carbocycles. The summed E-state index contributed by atoms with van der Waals surface area (Å²) < 4.78 is 4.96. The van der Waals surface area contributed by atoms with E-state index in [0.29, 0.717) is 15.7 Å². The maximum atomic E-state index is 11.9. The number of rotatable bonds is 4. The molecular weight excluding hydrogens is 301 g/mol. The highest BCUT2D eigenvalue weighted by Gasteiger charge is 2.17. The number of amides is 1. The van der Waals surface area contributed by atoms with Crippen molar-refractivity contribution in [2.75, 3.05) is 5.32 Å². The summed E-state index contributed by atoms with van der Waals surface area (Å²) in [6, 6.07) is 4.69. The number of anilines is 1. The Morgan fingerprint density at radius 1 is 1.30 bits per heavy atom. The van der Waals surface area contributed by atoms with Gasteiger partial charge in [0.1, 0.15) is 0 Å². The smallest absolute Gasteiger partial charge is 0.331 e. The topological polar surface area (TPSA) is 55.4 Å². The lowest BCUT2D eigenvalue weighted by molar-refractivity contribution is -0.148. The fourth-order valence-corrected chi connectivity index (χ4v) is 1.78. The standard InChI is InChI=1S/C14H15Cl2NO3/c1-8(2)6-13(18)20-9(3)14(19)17-12-5-4-10(15)7-11(12)16/h4-7,9H,1-3H3,(H,17,19)/t9-/m1/s1. The lowest BCUT2D eigenvalue weighted by Gasteiger charge is -2.13. The van der Waals surface area contributed by atoms with Gasteiger partial charge in [0, 0.05) is 11.1 Å². The molecule has 0 heterocycles. The summed E-state index contributed by atoms with van der Waals surface area (Å²) in [6.45, 7) is 5.01. The second-order valence-electron chi connectivity index (χ2n) is 4.41. The zero-order valence-electron chi connectivity index (χ0n) is 11.4. The highest BCUT2D eigenvalue weighted by Crippen LogP contribution is 2.25. The van der Waals surface area contributed by atoms with Crippen molar-refractivity contribution in [3.63, 3.8) is 0 Å². The number of hydrogen-bond donors (Lipinski definition) is 1. The minimum absolute atomic E-state index is 0.314. The normalized spacial score (nSPS) is 11.4. The maximum absolute atomic E-state index is 11.9. The molecule has 6 heteroatoms. The second kappa shape index (κ2) is 7.31. The monoisotopic (exact) mass is 315 g/mol. The molecular formula is C14H15Cl2NO3. The van der Waals surface area contributed by atoms with Gasteiger partial charge in [-0.25, -0.2) is 4.79 Å². The number of esters is 1. The summed E-state index contributed by atoms with van der Waals surface area (Å²) in [5, 5.41) is 3.35. The SMILES string of the molecule is CC(C)=CC(=O)O[C@H](C)C(=O)Nc1ccc(Cl)cc1Cl. The highest BCUT2D eigenvalue weighted by atomic mass is 35.5. The van der Waals surface area contributed by atoms with Crippen molar-refractivity contribution in [3.05, 3.63) is 39.9 Å². The van der Waals surface area contributed by atoms with E-state index in [4.69, 9.17) is 27.9 Å². The highest BCUT2D eigenvalue weighted by molar-refractivity contribution is 6.36. The molecule has 1 amide bonds. The molecule has 0 aliphatic heterocycles. The van der Waals surface area contributed by atoms with Crippen molar-refractivity contribution in [3.8, 4) is 0 Å². The summed E-state index contributed by atoms with van der Waals surface area (Å²) in [5.74, 6) is -1.03. The molecule has 4 nitrogen and oxygen atoms in total. The number of halogens is 2. The summed E-state index contributed by atoms with van der Waals surface area (Å²) in [7, 11) is 0. The third-order valence-corrected chi connectivity index (χ3v) is 2.81. The van der Waals surface area contributed by atoms with E-state index in [1.165, 1.54) is 19.1 Å². The fourth-order valence-electron chi connectivity index (χ4n) is 1.32. The van der Waals surface area contributed by atoms with Crippen molar-refractivity contribution in [2.45, 2.75) is 26.9 Å². The van der Waals surface area contributed by atoms with Crippen LogP contribution in [-0.4, -0.2) is 18.0 Å². The van der Waals surface area contributed by atoms with Gasteiger partial charge in [-0.1, -0.05) is 28.8 Å². The van der Waals surface area contributed by atoms with Crippen LogP contribution in [0.3, 0.4) is 0 Å². The van der Waals surface area contributed by atoms with E-state index in [2.05, 4.69) is 5.32 Å². The lowest BCUT2D eigenvalue weighted by Crippen LogP contribution is -2.29. The molecule has 0 aromatic heterocycles. The zero-order valence-corrected chi connectivity index (χ0v) is 12.9. The molecule has 0 spiro atoms. The first-order valence-electron chi connectivity index (χ1n) is 5.91. The fraction of sp³-hybridized carbons (Fsp3) is 0.286. The van der Waals surface area contributed by atoms with Gasteiger partial charge in [-0.15, -0.1) is 0 Å². The average molecular weight is 316 g/mol. The van der Waals surface area contributed by atoms with Gasteiger partial charge >= 0.3 is 5.97 Å². The molecule has 1 aromatic rings. The summed E-state index contributed by atoms with van der Waals surface area (Å²) in [4.78, 5) is 23.3. The average Bonchev–Trinajstić information content (AvgIpc) is 2.31. The number of nitrogens with one attached hydrogen (secondary N) is 1. The molecule has 1 aromatic carbocycles. The second-order valence-corrected chi connectivity index (χ2v) is 5.26. The van der Waals surface area contributed by atoms with E-state index in [1.807, 2.05) is 0 Å². The van der Waals surface area contributed by atoms with Crippen LogP contribution in [0.4, 0.5) is 5.69 Å². The van der Waals surface area contributed by atoms with Crippen LogP contribution < -0.4 is 5.32 Å². The van der Waals surface area contributed by atoms with E-state index in [9.17, 15) is 9.59 Å².